The molecule has 1 aliphatic carbocycles. The van der Waals surface area contributed by atoms with Gasteiger partial charge in [0.2, 0.25) is 15.9 Å². The molecule has 1 saturated carbocycles. The van der Waals surface area contributed by atoms with Crippen molar-refractivity contribution < 1.29 is 13.2 Å². The molecular formula is C14H21N3O3S. The highest BCUT2D eigenvalue weighted by Gasteiger charge is 2.21. The minimum Gasteiger partial charge on any atom is -0.325 e. The van der Waals surface area contributed by atoms with Gasteiger partial charge >= 0.3 is 0 Å². The first kappa shape index (κ1) is 15.9. The molecule has 116 valence electrons. The van der Waals surface area contributed by atoms with Crippen molar-refractivity contribution in [2.45, 2.75) is 43.7 Å². The maximum Gasteiger partial charge on any atom is 0.240 e. The summed E-state index contributed by atoms with van der Waals surface area (Å²) in [5, 5.41) is 5.84. The first-order valence-electron chi connectivity index (χ1n) is 7.02. The van der Waals surface area contributed by atoms with Crippen LogP contribution in [0, 0.1) is 0 Å². The predicted molar refractivity (Wildman–Crippen MR) is 81.6 cm³/mol. The number of hydrogen-bond acceptors (Lipinski definition) is 4. The largest absolute Gasteiger partial charge is 0.325 e. The van der Waals surface area contributed by atoms with E-state index in [2.05, 4.69) is 15.4 Å². The molecule has 1 amide bonds. The third kappa shape index (κ3) is 5.11. The molecule has 7 heteroatoms. The van der Waals surface area contributed by atoms with E-state index >= 15 is 0 Å². The number of carbonyl (C=O) groups excluding carboxylic acids is 1. The summed E-state index contributed by atoms with van der Waals surface area (Å²) in [6, 6.07) is 6.45. The van der Waals surface area contributed by atoms with Crippen molar-refractivity contribution in [1.82, 2.24) is 10.0 Å². The lowest BCUT2D eigenvalue weighted by Crippen LogP contribution is -2.30. The van der Waals surface area contributed by atoms with Crippen LogP contribution in [-0.4, -0.2) is 33.0 Å². The number of hydrogen-bond donors (Lipinski definition) is 3. The van der Waals surface area contributed by atoms with E-state index in [9.17, 15) is 13.2 Å². The Morgan fingerprint density at radius 1 is 1.24 bits per heavy atom. The standard InChI is InChI=1S/C14H21N3O3S/c1-10(2)17-21(19,20)13-7-5-12(6-8-13)16-14(18)9-15-11-3-4-11/h5-8,10-11,15,17H,3-4,9H2,1-2H3,(H,16,18). The molecule has 0 heterocycles. The fourth-order valence-corrected chi connectivity index (χ4v) is 3.08. The fraction of sp³-hybridized carbons (Fsp3) is 0.500. The van der Waals surface area contributed by atoms with Gasteiger partial charge in [0.05, 0.1) is 11.4 Å². The Kier molecular flexibility index (Phi) is 4.97. The van der Waals surface area contributed by atoms with Gasteiger partial charge in [-0.15, -0.1) is 0 Å². The zero-order valence-corrected chi connectivity index (χ0v) is 13.0. The van der Waals surface area contributed by atoms with Gasteiger partial charge in [-0.3, -0.25) is 4.79 Å². The molecule has 0 bridgehead atoms. The van der Waals surface area contributed by atoms with Crippen molar-refractivity contribution in [2.24, 2.45) is 0 Å². The zero-order valence-electron chi connectivity index (χ0n) is 12.2. The second kappa shape index (κ2) is 6.55. The molecule has 1 aliphatic rings. The van der Waals surface area contributed by atoms with Crippen LogP contribution in [0.25, 0.3) is 0 Å². The van der Waals surface area contributed by atoms with Gasteiger partial charge in [-0.25, -0.2) is 13.1 Å². The highest BCUT2D eigenvalue weighted by Crippen LogP contribution is 2.18. The zero-order chi connectivity index (χ0) is 15.5. The van der Waals surface area contributed by atoms with E-state index in [0.717, 1.165) is 12.8 Å². The summed E-state index contributed by atoms with van der Waals surface area (Å²) in [7, 11) is -3.49. The minimum atomic E-state index is -3.49. The van der Waals surface area contributed by atoms with Crippen LogP contribution in [-0.2, 0) is 14.8 Å². The molecule has 0 saturated heterocycles. The average molecular weight is 311 g/mol. The van der Waals surface area contributed by atoms with E-state index in [0.29, 0.717) is 11.7 Å². The number of carbonyl (C=O) groups is 1. The molecule has 0 aliphatic heterocycles. The SMILES string of the molecule is CC(C)NS(=O)(=O)c1ccc(NC(=O)CNC2CC2)cc1. The van der Waals surface area contributed by atoms with Crippen LogP contribution in [0.2, 0.25) is 0 Å². The second-order valence-electron chi connectivity index (χ2n) is 5.50. The Labute approximate surface area is 125 Å². The molecular weight excluding hydrogens is 290 g/mol. The molecule has 1 aromatic rings. The molecule has 0 spiro atoms. The van der Waals surface area contributed by atoms with Crippen LogP contribution in [0.15, 0.2) is 29.2 Å². The summed E-state index contributed by atoms with van der Waals surface area (Å²) < 4.78 is 26.4. The quantitative estimate of drug-likeness (QED) is 0.703. The Morgan fingerprint density at radius 2 is 1.86 bits per heavy atom. The third-order valence-corrected chi connectivity index (χ3v) is 4.64. The summed E-state index contributed by atoms with van der Waals surface area (Å²) in [6.07, 6.45) is 2.26. The molecule has 0 aromatic heterocycles. The van der Waals surface area contributed by atoms with Gasteiger partial charge in [0.1, 0.15) is 0 Å². The van der Waals surface area contributed by atoms with Crippen LogP contribution < -0.4 is 15.4 Å². The number of amides is 1. The van der Waals surface area contributed by atoms with Crippen molar-refractivity contribution in [3.8, 4) is 0 Å². The smallest absolute Gasteiger partial charge is 0.240 e. The van der Waals surface area contributed by atoms with E-state index in [1.165, 1.54) is 12.1 Å². The number of rotatable bonds is 7. The van der Waals surface area contributed by atoms with Crippen LogP contribution in [0.1, 0.15) is 26.7 Å². The monoisotopic (exact) mass is 311 g/mol. The molecule has 0 atom stereocenters. The fourth-order valence-electron chi connectivity index (χ4n) is 1.83. The summed E-state index contributed by atoms with van der Waals surface area (Å²) in [4.78, 5) is 11.9. The van der Waals surface area contributed by atoms with Crippen LogP contribution in [0.4, 0.5) is 5.69 Å². The molecule has 1 aromatic carbocycles. The lowest BCUT2D eigenvalue weighted by atomic mass is 10.3. The maximum atomic E-state index is 12.0. The van der Waals surface area contributed by atoms with Gasteiger partial charge in [0.15, 0.2) is 0 Å². The molecule has 21 heavy (non-hydrogen) atoms. The van der Waals surface area contributed by atoms with Crippen molar-refractivity contribution >= 4 is 21.6 Å². The number of nitrogens with one attached hydrogen (secondary N) is 3. The summed E-state index contributed by atoms with van der Waals surface area (Å²) in [6.45, 7) is 3.80. The predicted octanol–water partition coefficient (Wildman–Crippen LogP) is 1.06. The van der Waals surface area contributed by atoms with E-state index in [-0.39, 0.29) is 23.4 Å². The normalized spacial score (nSPS) is 15.2. The summed E-state index contributed by atoms with van der Waals surface area (Å²) in [5.74, 6) is -0.127. The van der Waals surface area contributed by atoms with Gasteiger partial charge in [-0.1, -0.05) is 0 Å². The van der Waals surface area contributed by atoms with Crippen molar-refractivity contribution in [2.75, 3.05) is 11.9 Å². The van der Waals surface area contributed by atoms with Crippen LogP contribution in [0.5, 0.6) is 0 Å². The molecule has 3 N–H and O–H groups in total. The summed E-state index contributed by atoms with van der Waals surface area (Å²) >= 11 is 0. The summed E-state index contributed by atoms with van der Waals surface area (Å²) in [5.41, 5.74) is 0.584. The van der Waals surface area contributed by atoms with E-state index in [1.54, 1.807) is 26.0 Å². The van der Waals surface area contributed by atoms with Crippen LogP contribution >= 0.6 is 0 Å². The Morgan fingerprint density at radius 3 is 2.38 bits per heavy atom. The molecule has 0 radical (unpaired) electrons. The van der Waals surface area contributed by atoms with Crippen molar-refractivity contribution in [3.63, 3.8) is 0 Å². The van der Waals surface area contributed by atoms with Gasteiger partial charge in [-0.2, -0.15) is 0 Å². The first-order valence-corrected chi connectivity index (χ1v) is 8.51. The topological polar surface area (TPSA) is 87.3 Å². The minimum absolute atomic E-state index is 0.127. The first-order chi connectivity index (χ1) is 9.87. The number of anilines is 1. The average Bonchev–Trinajstić information content (AvgIpc) is 3.19. The molecule has 1 fully saturated rings. The Hall–Kier alpha value is -1.44. The third-order valence-electron chi connectivity index (χ3n) is 2.97. The number of benzene rings is 1. The van der Waals surface area contributed by atoms with Gasteiger partial charge < -0.3 is 10.6 Å². The van der Waals surface area contributed by atoms with Crippen molar-refractivity contribution in [3.05, 3.63) is 24.3 Å². The second-order valence-corrected chi connectivity index (χ2v) is 7.22. The molecule has 6 nitrogen and oxygen atoms in total. The lowest BCUT2D eigenvalue weighted by molar-refractivity contribution is -0.115. The van der Waals surface area contributed by atoms with Gasteiger partial charge in [0, 0.05) is 17.8 Å². The van der Waals surface area contributed by atoms with E-state index in [1.807, 2.05) is 0 Å². The lowest BCUT2D eigenvalue weighted by Gasteiger charge is -2.10. The van der Waals surface area contributed by atoms with Crippen molar-refractivity contribution in [1.29, 1.82) is 0 Å². The highest BCUT2D eigenvalue weighted by atomic mass is 32.2. The molecule has 2 rings (SSSR count). The van der Waals surface area contributed by atoms with Crippen LogP contribution in [0.3, 0.4) is 0 Å². The molecule has 0 unspecified atom stereocenters. The van der Waals surface area contributed by atoms with E-state index in [4.69, 9.17) is 0 Å². The highest BCUT2D eigenvalue weighted by molar-refractivity contribution is 7.89. The van der Waals surface area contributed by atoms with Gasteiger partial charge in [-0.05, 0) is 51.0 Å². The maximum absolute atomic E-state index is 12.0. The Balaban J connectivity index is 1.93. The Bertz CT molecular complexity index is 592. The van der Waals surface area contributed by atoms with Gasteiger partial charge in [0.25, 0.3) is 0 Å². The van der Waals surface area contributed by atoms with E-state index < -0.39 is 10.0 Å². The number of sulfonamides is 1.